The molecule has 2 aromatic heterocycles. The third-order valence-electron chi connectivity index (χ3n) is 4.41. The van der Waals surface area contributed by atoms with Crippen LogP contribution in [-0.2, 0) is 6.42 Å². The monoisotopic (exact) mass is 398 g/mol. The molecule has 8 heteroatoms. The molecular weight excluding hydrogens is 383 g/mol. The fraction of sp³-hybridized carbons (Fsp3) is 0.200. The third-order valence-corrected chi connectivity index (χ3v) is 4.70. The number of carbonyl (C=O) groups is 1. The van der Waals surface area contributed by atoms with Crippen molar-refractivity contribution in [3.8, 4) is 0 Å². The molecular formula is C20H16ClFN4O2. The number of benzene rings is 1. The number of halogens is 2. The average Bonchev–Trinajstić information content (AvgIpc) is 3.52. The largest absolute Gasteiger partial charge is 0.305 e. The number of carbonyl (C=O) groups excluding carboxylic acids is 1. The van der Waals surface area contributed by atoms with E-state index in [-0.39, 0.29) is 22.3 Å². The Kier molecular flexibility index (Phi) is 4.92. The number of nitrogens with zero attached hydrogens (tertiary/aromatic N) is 3. The minimum Gasteiger partial charge on any atom is -0.305 e. The Balaban J connectivity index is 1.44. The maximum Gasteiger partial charge on any atom is 0.277 e. The van der Waals surface area contributed by atoms with Crippen LogP contribution in [0.4, 0.5) is 10.2 Å². The summed E-state index contributed by atoms with van der Waals surface area (Å²) in [7, 11) is 0. The summed E-state index contributed by atoms with van der Waals surface area (Å²) in [5.41, 5.74) is 1.71. The Morgan fingerprint density at radius 1 is 1.18 bits per heavy atom. The van der Waals surface area contributed by atoms with Crippen LogP contribution in [0.5, 0.6) is 0 Å². The zero-order valence-corrected chi connectivity index (χ0v) is 15.5. The number of rotatable bonds is 5. The average molecular weight is 399 g/mol. The third kappa shape index (κ3) is 4.09. The number of nitrogens with one attached hydrogen (secondary N) is 1. The van der Waals surface area contributed by atoms with Crippen LogP contribution in [0.15, 0.2) is 53.5 Å². The Morgan fingerprint density at radius 3 is 2.64 bits per heavy atom. The number of hydrogen-bond acceptors (Lipinski definition) is 4. The van der Waals surface area contributed by atoms with Crippen molar-refractivity contribution in [1.29, 1.82) is 0 Å². The van der Waals surface area contributed by atoms with Crippen LogP contribution in [0.25, 0.3) is 0 Å². The Labute approximate surface area is 165 Å². The quantitative estimate of drug-likeness (QED) is 0.712. The lowest BCUT2D eigenvalue weighted by Crippen LogP contribution is -2.25. The SMILES string of the molecule is O=C(Nc1ccc(Cc2ccc(F)c(Cl)c2)cn1)c1ccc(=O)n(C2CC2)n1. The normalized spacial score (nSPS) is 13.4. The summed E-state index contributed by atoms with van der Waals surface area (Å²) in [6, 6.07) is 10.9. The van der Waals surface area contributed by atoms with E-state index in [0.717, 1.165) is 24.0 Å². The van der Waals surface area contributed by atoms with Gasteiger partial charge in [-0.3, -0.25) is 9.59 Å². The van der Waals surface area contributed by atoms with Crippen LogP contribution in [0.3, 0.4) is 0 Å². The fourth-order valence-electron chi connectivity index (χ4n) is 2.80. The van der Waals surface area contributed by atoms with E-state index in [1.807, 2.05) is 6.07 Å². The van der Waals surface area contributed by atoms with Crippen LogP contribution in [-0.4, -0.2) is 20.7 Å². The first-order chi connectivity index (χ1) is 13.5. The molecule has 0 spiro atoms. The Hall–Kier alpha value is -3.06. The standard InChI is InChI=1S/C20H16ClFN4O2/c21-15-10-12(1-5-16(15)22)9-13-2-7-18(23-11-13)24-20(28)17-6-8-19(27)26(25-17)14-3-4-14/h1-2,5-8,10-11,14H,3-4,9H2,(H,23,24,28). The number of aromatic nitrogens is 3. The molecule has 1 aromatic carbocycles. The van der Waals surface area contributed by atoms with Gasteiger partial charge in [0.25, 0.3) is 11.5 Å². The van der Waals surface area contributed by atoms with Crippen molar-refractivity contribution in [3.05, 3.63) is 86.7 Å². The van der Waals surface area contributed by atoms with Crippen LogP contribution in [0.1, 0.15) is 40.5 Å². The summed E-state index contributed by atoms with van der Waals surface area (Å²) in [5, 5.41) is 6.89. The van der Waals surface area contributed by atoms with E-state index in [1.54, 1.807) is 24.4 Å². The predicted molar refractivity (Wildman–Crippen MR) is 103 cm³/mol. The van der Waals surface area contributed by atoms with Crippen molar-refractivity contribution >= 4 is 23.3 Å². The van der Waals surface area contributed by atoms with E-state index in [0.29, 0.717) is 12.2 Å². The number of anilines is 1. The second kappa shape index (κ2) is 7.52. The summed E-state index contributed by atoms with van der Waals surface area (Å²) < 4.78 is 14.6. The molecule has 0 radical (unpaired) electrons. The van der Waals surface area contributed by atoms with Gasteiger partial charge in [0.15, 0.2) is 0 Å². The smallest absolute Gasteiger partial charge is 0.277 e. The molecule has 142 valence electrons. The van der Waals surface area contributed by atoms with E-state index in [1.165, 1.54) is 22.9 Å². The molecule has 1 aliphatic rings. The molecule has 0 atom stereocenters. The molecule has 4 rings (SSSR count). The van der Waals surface area contributed by atoms with Gasteiger partial charge in [0.05, 0.1) is 11.1 Å². The highest BCUT2D eigenvalue weighted by molar-refractivity contribution is 6.30. The summed E-state index contributed by atoms with van der Waals surface area (Å²) >= 11 is 5.80. The van der Waals surface area contributed by atoms with Crippen molar-refractivity contribution < 1.29 is 9.18 Å². The van der Waals surface area contributed by atoms with Crippen LogP contribution in [0, 0.1) is 5.82 Å². The summed E-state index contributed by atoms with van der Waals surface area (Å²) in [4.78, 5) is 28.4. The van der Waals surface area contributed by atoms with Crippen LogP contribution in [0.2, 0.25) is 5.02 Å². The Bertz CT molecular complexity index is 1090. The second-order valence-corrected chi connectivity index (χ2v) is 7.07. The number of hydrogen-bond donors (Lipinski definition) is 1. The van der Waals surface area contributed by atoms with Crippen molar-refractivity contribution in [3.63, 3.8) is 0 Å². The van der Waals surface area contributed by atoms with Crippen LogP contribution < -0.4 is 10.9 Å². The van der Waals surface area contributed by atoms with E-state index in [9.17, 15) is 14.0 Å². The molecule has 1 aliphatic carbocycles. The Morgan fingerprint density at radius 2 is 1.96 bits per heavy atom. The lowest BCUT2D eigenvalue weighted by Gasteiger charge is -2.08. The van der Waals surface area contributed by atoms with Gasteiger partial charge >= 0.3 is 0 Å². The van der Waals surface area contributed by atoms with Gasteiger partial charge in [-0.25, -0.2) is 14.1 Å². The van der Waals surface area contributed by atoms with Gasteiger partial charge in [-0.05, 0) is 54.7 Å². The molecule has 3 aromatic rings. The summed E-state index contributed by atoms with van der Waals surface area (Å²) in [6.07, 6.45) is 3.97. The molecule has 28 heavy (non-hydrogen) atoms. The molecule has 1 amide bonds. The van der Waals surface area contributed by atoms with Crippen molar-refractivity contribution in [2.75, 3.05) is 5.32 Å². The molecule has 2 heterocycles. The molecule has 0 saturated heterocycles. The molecule has 0 aliphatic heterocycles. The minimum absolute atomic E-state index is 0.0781. The van der Waals surface area contributed by atoms with Gasteiger partial charge in [-0.15, -0.1) is 0 Å². The first kappa shape index (κ1) is 18.3. The second-order valence-electron chi connectivity index (χ2n) is 6.66. The lowest BCUT2D eigenvalue weighted by atomic mass is 10.1. The fourth-order valence-corrected chi connectivity index (χ4v) is 3.00. The molecule has 1 saturated carbocycles. The maximum atomic E-state index is 13.2. The highest BCUT2D eigenvalue weighted by atomic mass is 35.5. The molecule has 6 nitrogen and oxygen atoms in total. The lowest BCUT2D eigenvalue weighted by molar-refractivity contribution is 0.101. The van der Waals surface area contributed by atoms with E-state index < -0.39 is 11.7 Å². The minimum atomic E-state index is -0.455. The first-order valence-corrected chi connectivity index (χ1v) is 9.17. The number of pyridine rings is 1. The zero-order valence-electron chi connectivity index (χ0n) is 14.7. The first-order valence-electron chi connectivity index (χ1n) is 8.80. The molecule has 0 unspecified atom stereocenters. The molecule has 1 fully saturated rings. The van der Waals surface area contributed by atoms with Crippen molar-refractivity contribution in [1.82, 2.24) is 14.8 Å². The van der Waals surface area contributed by atoms with Crippen LogP contribution >= 0.6 is 11.6 Å². The maximum absolute atomic E-state index is 13.2. The van der Waals surface area contributed by atoms with Gasteiger partial charge in [0.1, 0.15) is 17.3 Å². The van der Waals surface area contributed by atoms with Gasteiger partial charge in [-0.2, -0.15) is 5.10 Å². The summed E-state index contributed by atoms with van der Waals surface area (Å²) in [6.45, 7) is 0. The van der Waals surface area contributed by atoms with Gasteiger partial charge in [0, 0.05) is 12.3 Å². The topological polar surface area (TPSA) is 76.9 Å². The zero-order chi connectivity index (χ0) is 19.7. The van der Waals surface area contributed by atoms with E-state index >= 15 is 0 Å². The molecule has 1 N–H and O–H groups in total. The summed E-state index contributed by atoms with van der Waals surface area (Å²) in [5.74, 6) is -0.514. The van der Waals surface area contributed by atoms with E-state index in [2.05, 4.69) is 15.4 Å². The van der Waals surface area contributed by atoms with Crippen molar-refractivity contribution in [2.45, 2.75) is 25.3 Å². The van der Waals surface area contributed by atoms with E-state index in [4.69, 9.17) is 11.6 Å². The number of amides is 1. The highest BCUT2D eigenvalue weighted by Gasteiger charge is 2.26. The van der Waals surface area contributed by atoms with Crippen molar-refractivity contribution in [2.24, 2.45) is 0 Å². The van der Waals surface area contributed by atoms with Gasteiger partial charge in [0.2, 0.25) is 0 Å². The van der Waals surface area contributed by atoms with Gasteiger partial charge in [-0.1, -0.05) is 23.7 Å². The molecule has 0 bridgehead atoms. The predicted octanol–water partition coefficient (Wildman–Crippen LogP) is 3.61. The highest BCUT2D eigenvalue weighted by Crippen LogP contribution is 2.32. The van der Waals surface area contributed by atoms with Gasteiger partial charge < -0.3 is 5.32 Å².